The Morgan fingerprint density at radius 3 is 1.78 bits per heavy atom. The van der Waals surface area contributed by atoms with Crippen LogP contribution >= 0.6 is 11.3 Å². The molecule has 3 aromatic rings. The molecule has 5 atom stereocenters. The lowest BCUT2D eigenvalue weighted by atomic mass is 9.60. The van der Waals surface area contributed by atoms with Crippen LogP contribution in [0.1, 0.15) is 109 Å². The van der Waals surface area contributed by atoms with Crippen molar-refractivity contribution in [2.45, 2.75) is 107 Å². The van der Waals surface area contributed by atoms with E-state index in [1.54, 1.807) is 85.8 Å². The van der Waals surface area contributed by atoms with E-state index in [0.29, 0.717) is 6.42 Å². The molecule has 0 saturated carbocycles. The average Bonchev–Trinajstić information content (AvgIpc) is 3.54. The van der Waals surface area contributed by atoms with E-state index < -0.39 is 75.5 Å². The van der Waals surface area contributed by atoms with Crippen LogP contribution in [0.25, 0.3) is 10.4 Å². The van der Waals surface area contributed by atoms with Crippen molar-refractivity contribution >= 4 is 35.2 Å². The quantitative estimate of drug-likeness (QED) is 0.128. The van der Waals surface area contributed by atoms with Crippen LogP contribution in [-0.2, 0) is 35.1 Å². The molecule has 9 nitrogen and oxygen atoms in total. The van der Waals surface area contributed by atoms with Crippen LogP contribution < -0.4 is 0 Å². The molecule has 300 valence electrons. The van der Waals surface area contributed by atoms with Gasteiger partial charge in [0.15, 0.2) is 0 Å². The maximum atomic E-state index is 13.6. The molecule has 55 heavy (non-hydrogen) atoms. The number of halogens is 1. The third-order valence-corrected chi connectivity index (χ3v) is 12.2. The summed E-state index contributed by atoms with van der Waals surface area (Å²) in [6, 6.07) is 16.4. The third-order valence-electron chi connectivity index (χ3n) is 11.1. The molecule has 11 heteroatoms. The van der Waals surface area contributed by atoms with E-state index in [9.17, 15) is 38.9 Å². The number of carboxylic acid groups (broad SMARTS) is 3. The molecule has 1 saturated heterocycles. The highest BCUT2D eigenvalue weighted by Crippen LogP contribution is 2.54. The summed E-state index contributed by atoms with van der Waals surface area (Å²) in [6.45, 7) is 16.7. The first-order valence-electron chi connectivity index (χ1n) is 18.8. The van der Waals surface area contributed by atoms with Gasteiger partial charge in [0.1, 0.15) is 12.4 Å². The fourth-order valence-corrected chi connectivity index (χ4v) is 8.47. The van der Waals surface area contributed by atoms with Crippen molar-refractivity contribution in [1.29, 1.82) is 0 Å². The zero-order chi connectivity index (χ0) is 41.3. The van der Waals surface area contributed by atoms with Crippen LogP contribution in [0.4, 0.5) is 4.39 Å². The fourth-order valence-electron chi connectivity index (χ4n) is 7.43. The fraction of sp³-hybridized carbons (Fsp3) is 0.545. The van der Waals surface area contributed by atoms with Crippen molar-refractivity contribution in [1.82, 2.24) is 0 Å². The maximum absolute atomic E-state index is 13.6. The lowest BCUT2D eigenvalue weighted by Crippen LogP contribution is -2.51. The lowest BCUT2D eigenvalue weighted by molar-refractivity contribution is -0.199. The number of aliphatic carboxylic acids is 3. The molecule has 2 heterocycles. The molecule has 4 rings (SSSR count). The molecule has 0 unspecified atom stereocenters. The third kappa shape index (κ3) is 10.6. The Hall–Kier alpha value is -4.09. The van der Waals surface area contributed by atoms with E-state index in [1.165, 1.54) is 12.1 Å². The molecule has 1 fully saturated rings. The van der Waals surface area contributed by atoms with Crippen LogP contribution in [0.5, 0.6) is 0 Å². The number of ether oxygens (including phenoxy) is 2. The topological polar surface area (TPSA) is 147 Å². The predicted molar refractivity (Wildman–Crippen MR) is 210 cm³/mol. The van der Waals surface area contributed by atoms with Gasteiger partial charge in [-0.05, 0) is 153 Å². The number of carboxylic acids is 3. The van der Waals surface area contributed by atoms with Gasteiger partial charge in [-0.25, -0.2) is 4.39 Å². The Balaban J connectivity index is 1.87. The first-order valence-corrected chi connectivity index (χ1v) is 19.6. The Bertz CT molecular complexity index is 1870. The Morgan fingerprint density at radius 1 is 0.727 bits per heavy atom. The van der Waals surface area contributed by atoms with Gasteiger partial charge in [-0.15, -0.1) is 11.3 Å². The van der Waals surface area contributed by atoms with Gasteiger partial charge < -0.3 is 24.8 Å². The van der Waals surface area contributed by atoms with Gasteiger partial charge in [0.05, 0.1) is 33.9 Å². The highest BCUT2D eigenvalue weighted by Gasteiger charge is 2.53. The van der Waals surface area contributed by atoms with E-state index in [2.05, 4.69) is 6.07 Å². The molecule has 1 aliphatic heterocycles. The second kappa shape index (κ2) is 16.6. The normalized spacial score (nSPS) is 20.9. The number of aryl methyl sites for hydroxylation is 1. The summed E-state index contributed by atoms with van der Waals surface area (Å²) in [4.78, 5) is 53.2. The molecule has 0 radical (unpaired) electrons. The summed E-state index contributed by atoms with van der Waals surface area (Å²) < 4.78 is 26.5. The minimum atomic E-state index is -1.27. The monoisotopic (exact) mass is 780 g/mol. The number of benzene rings is 2. The Labute approximate surface area is 328 Å². The number of rotatable bonds is 15. The molecule has 3 N–H and O–H groups in total. The number of carbonyl (C=O) groups excluding carboxylic acids is 1. The van der Waals surface area contributed by atoms with Gasteiger partial charge in [0.2, 0.25) is 0 Å². The Kier molecular flexibility index (Phi) is 13.1. The largest absolute Gasteiger partial charge is 0.481 e. The zero-order valence-electron chi connectivity index (χ0n) is 33.7. The summed E-state index contributed by atoms with van der Waals surface area (Å²) in [5, 5.41) is 31.1. The number of carbonyl (C=O) groups is 4. The predicted octanol–water partition coefficient (Wildman–Crippen LogP) is 9.83. The van der Waals surface area contributed by atoms with Crippen LogP contribution in [0, 0.1) is 52.2 Å². The second-order valence-corrected chi connectivity index (χ2v) is 19.4. The van der Waals surface area contributed by atoms with Gasteiger partial charge in [0.25, 0.3) is 0 Å². The number of esters is 1. The van der Waals surface area contributed by atoms with Crippen molar-refractivity contribution in [3.05, 3.63) is 82.0 Å². The van der Waals surface area contributed by atoms with Crippen LogP contribution in [0.15, 0.2) is 54.6 Å². The van der Waals surface area contributed by atoms with Gasteiger partial charge in [-0.3, -0.25) is 19.2 Å². The van der Waals surface area contributed by atoms with E-state index in [4.69, 9.17) is 9.47 Å². The van der Waals surface area contributed by atoms with Crippen molar-refractivity contribution in [3.8, 4) is 10.4 Å². The average molecular weight is 781 g/mol. The standard InChI is InChI=1S/C44H57FO9S/c1-25-11-12-27(19-28(25)20-30-17-18-35(55-30)26-13-15-29(45)16-14-26)36-33(23-44(9,10)39(50)51)31(21-42(5,6)37(46)47)32(22-43(7,8)38(48)49)34(54-36)24-53-40(52)41(2,3)4/h11-19,31-34,36H,20-24H2,1-10H3,(H,46,47)(H,48,49)(H,50,51)/t31-,32+,33-,34-,36+/m0/s1. The van der Waals surface area contributed by atoms with Crippen molar-refractivity contribution in [3.63, 3.8) is 0 Å². The summed E-state index contributed by atoms with van der Waals surface area (Å²) in [5.74, 6) is -5.57. The summed E-state index contributed by atoms with van der Waals surface area (Å²) in [5.41, 5.74) is -0.896. The van der Waals surface area contributed by atoms with Gasteiger partial charge in [-0.1, -0.05) is 30.3 Å². The number of thiophene rings is 1. The first-order chi connectivity index (χ1) is 25.3. The molecular formula is C44H57FO9S. The molecular weight excluding hydrogens is 724 g/mol. The molecule has 1 aliphatic rings. The molecule has 0 spiro atoms. The molecule has 0 bridgehead atoms. The van der Waals surface area contributed by atoms with E-state index in [1.807, 2.05) is 31.2 Å². The van der Waals surface area contributed by atoms with Crippen molar-refractivity contribution in [2.24, 2.45) is 39.4 Å². The second-order valence-electron chi connectivity index (χ2n) is 18.3. The van der Waals surface area contributed by atoms with Crippen molar-refractivity contribution in [2.75, 3.05) is 6.61 Å². The van der Waals surface area contributed by atoms with Crippen molar-refractivity contribution < 1.29 is 48.4 Å². The van der Waals surface area contributed by atoms with E-state index in [0.717, 1.165) is 32.0 Å². The summed E-state index contributed by atoms with van der Waals surface area (Å²) >= 11 is 1.61. The maximum Gasteiger partial charge on any atom is 0.311 e. The highest BCUT2D eigenvalue weighted by atomic mass is 32.1. The van der Waals surface area contributed by atoms with E-state index >= 15 is 0 Å². The first kappa shape index (κ1) is 43.6. The lowest BCUT2D eigenvalue weighted by Gasteiger charge is -2.51. The smallest absolute Gasteiger partial charge is 0.311 e. The number of hydrogen-bond donors (Lipinski definition) is 3. The highest BCUT2D eigenvalue weighted by molar-refractivity contribution is 7.15. The minimum absolute atomic E-state index is 0.0745. The molecule has 1 aromatic heterocycles. The van der Waals surface area contributed by atoms with Gasteiger partial charge >= 0.3 is 23.9 Å². The van der Waals surface area contributed by atoms with Gasteiger partial charge in [0, 0.05) is 16.2 Å². The summed E-state index contributed by atoms with van der Waals surface area (Å²) in [6.07, 6.45) is -0.692. The molecule has 0 amide bonds. The van der Waals surface area contributed by atoms with Gasteiger partial charge in [-0.2, -0.15) is 0 Å². The van der Waals surface area contributed by atoms with E-state index in [-0.39, 0.29) is 31.7 Å². The zero-order valence-corrected chi connectivity index (χ0v) is 34.5. The molecule has 2 aromatic carbocycles. The number of hydrogen-bond acceptors (Lipinski definition) is 7. The Morgan fingerprint density at radius 2 is 1.25 bits per heavy atom. The van der Waals surface area contributed by atoms with Crippen LogP contribution in [0.3, 0.4) is 0 Å². The minimum Gasteiger partial charge on any atom is -0.481 e. The summed E-state index contributed by atoms with van der Waals surface area (Å²) in [7, 11) is 0. The van der Waals surface area contributed by atoms with Crippen LogP contribution in [-0.4, -0.2) is 51.9 Å². The SMILES string of the molecule is Cc1ccc([C@H]2O[C@@H](COC(=O)C(C)(C)C)[C@H](CC(C)(C)C(=O)O)[C@H](CC(C)(C)C(=O)O)[C@@H]2CC(C)(C)C(=O)O)cc1Cc1ccc(-c2ccc(F)cc2)s1. The molecule has 0 aliphatic carbocycles. The van der Waals surface area contributed by atoms with Crippen LogP contribution in [0.2, 0.25) is 0 Å².